The largest absolute Gasteiger partial charge is 0.497 e. The quantitative estimate of drug-likeness (QED) is 0.635. The Morgan fingerprint density at radius 1 is 1.11 bits per heavy atom. The number of methoxy groups -OCH3 is 1. The molecule has 1 aromatic heterocycles. The van der Waals surface area contributed by atoms with Crippen LogP contribution in [0.3, 0.4) is 0 Å². The maximum atomic E-state index is 12.1. The number of nitrogens with zero attached hydrogens (tertiary/aromatic N) is 1. The lowest BCUT2D eigenvalue weighted by molar-refractivity contribution is -0.143. The van der Waals surface area contributed by atoms with Crippen molar-refractivity contribution < 1.29 is 19.1 Å². The highest BCUT2D eigenvalue weighted by Gasteiger charge is 2.11. The van der Waals surface area contributed by atoms with Crippen LogP contribution < -0.4 is 10.1 Å². The molecular formula is C20H18N2O4S. The lowest BCUT2D eigenvalue weighted by Crippen LogP contribution is -2.30. The van der Waals surface area contributed by atoms with E-state index >= 15 is 0 Å². The fourth-order valence-corrected chi connectivity index (χ4v) is 3.12. The molecule has 2 aromatic carbocycles. The van der Waals surface area contributed by atoms with Gasteiger partial charge in [-0.2, -0.15) is 0 Å². The van der Waals surface area contributed by atoms with Crippen LogP contribution in [0.4, 0.5) is 0 Å². The van der Waals surface area contributed by atoms with Gasteiger partial charge >= 0.3 is 5.97 Å². The predicted octanol–water partition coefficient (Wildman–Crippen LogP) is 3.29. The van der Waals surface area contributed by atoms with Gasteiger partial charge in [0.25, 0.3) is 5.91 Å². The lowest BCUT2D eigenvalue weighted by atomic mass is 10.2. The van der Waals surface area contributed by atoms with Crippen molar-refractivity contribution >= 4 is 23.2 Å². The summed E-state index contributed by atoms with van der Waals surface area (Å²) in [6, 6.07) is 16.5. The van der Waals surface area contributed by atoms with E-state index in [4.69, 9.17) is 9.47 Å². The monoisotopic (exact) mass is 382 g/mol. The number of ether oxygens (including phenoxy) is 2. The van der Waals surface area contributed by atoms with E-state index in [2.05, 4.69) is 10.3 Å². The topological polar surface area (TPSA) is 77.5 Å². The lowest BCUT2D eigenvalue weighted by Gasteiger charge is -2.07. The van der Waals surface area contributed by atoms with Crippen LogP contribution in [0.2, 0.25) is 0 Å². The van der Waals surface area contributed by atoms with E-state index in [0.29, 0.717) is 17.0 Å². The van der Waals surface area contributed by atoms with Gasteiger partial charge in [-0.3, -0.25) is 9.59 Å². The highest BCUT2D eigenvalue weighted by atomic mass is 32.1. The normalized spacial score (nSPS) is 10.3. The Hall–Kier alpha value is -3.19. The molecule has 0 fully saturated rings. The Morgan fingerprint density at radius 3 is 2.70 bits per heavy atom. The Bertz CT molecular complexity index is 924. The number of carbonyl (C=O) groups is 2. The van der Waals surface area contributed by atoms with Gasteiger partial charge in [-0.05, 0) is 18.2 Å². The molecule has 0 bridgehead atoms. The van der Waals surface area contributed by atoms with Crippen LogP contribution in [0, 0.1) is 0 Å². The zero-order chi connectivity index (χ0) is 19.1. The van der Waals surface area contributed by atoms with E-state index < -0.39 is 5.97 Å². The molecule has 0 aliphatic carbocycles. The molecule has 0 aliphatic rings. The van der Waals surface area contributed by atoms with Crippen molar-refractivity contribution in [3.05, 3.63) is 71.2 Å². The number of hydrogen-bond acceptors (Lipinski definition) is 6. The summed E-state index contributed by atoms with van der Waals surface area (Å²) in [6.07, 6.45) is 0. The van der Waals surface area contributed by atoms with Crippen LogP contribution in [-0.2, 0) is 16.1 Å². The molecule has 0 saturated heterocycles. The summed E-state index contributed by atoms with van der Waals surface area (Å²) in [5.41, 5.74) is 2.10. The first kappa shape index (κ1) is 18.6. The summed E-state index contributed by atoms with van der Waals surface area (Å²) in [5.74, 6) is -0.325. The third kappa shape index (κ3) is 5.15. The summed E-state index contributed by atoms with van der Waals surface area (Å²) in [7, 11) is 1.52. The third-order valence-corrected chi connectivity index (χ3v) is 4.62. The molecule has 27 heavy (non-hydrogen) atoms. The second-order valence-electron chi connectivity index (χ2n) is 5.59. The summed E-state index contributed by atoms with van der Waals surface area (Å²) >= 11 is 1.49. The van der Waals surface area contributed by atoms with Crippen molar-refractivity contribution in [1.29, 1.82) is 0 Å². The van der Waals surface area contributed by atoms with Crippen LogP contribution in [0.25, 0.3) is 10.6 Å². The SMILES string of the molecule is COc1cccc(C(=O)NCC(=O)OCc2csc(-c3ccccc3)n2)c1. The molecule has 7 heteroatoms. The minimum atomic E-state index is -0.527. The zero-order valence-corrected chi connectivity index (χ0v) is 15.5. The van der Waals surface area contributed by atoms with Crippen molar-refractivity contribution in [3.63, 3.8) is 0 Å². The third-order valence-electron chi connectivity index (χ3n) is 3.68. The minimum Gasteiger partial charge on any atom is -0.497 e. The molecule has 1 N–H and O–H groups in total. The van der Waals surface area contributed by atoms with Gasteiger partial charge in [-0.25, -0.2) is 4.98 Å². The molecule has 0 spiro atoms. The number of nitrogens with one attached hydrogen (secondary N) is 1. The van der Waals surface area contributed by atoms with Gasteiger partial charge < -0.3 is 14.8 Å². The van der Waals surface area contributed by atoms with Crippen LogP contribution in [0.15, 0.2) is 60.0 Å². The van der Waals surface area contributed by atoms with Crippen LogP contribution >= 0.6 is 11.3 Å². The average Bonchev–Trinajstić information content (AvgIpc) is 3.20. The molecule has 138 valence electrons. The number of aromatic nitrogens is 1. The van der Waals surface area contributed by atoms with Gasteiger partial charge in [-0.15, -0.1) is 11.3 Å². The fourth-order valence-electron chi connectivity index (χ4n) is 2.31. The van der Waals surface area contributed by atoms with Crippen molar-refractivity contribution in [2.45, 2.75) is 6.61 Å². The number of carbonyl (C=O) groups excluding carboxylic acids is 2. The zero-order valence-electron chi connectivity index (χ0n) is 14.7. The summed E-state index contributed by atoms with van der Waals surface area (Å²) in [5, 5.41) is 5.25. The molecule has 0 unspecified atom stereocenters. The van der Waals surface area contributed by atoms with Gasteiger partial charge in [0.2, 0.25) is 0 Å². The second kappa shape index (κ2) is 8.95. The first-order valence-electron chi connectivity index (χ1n) is 8.23. The van der Waals surface area contributed by atoms with Gasteiger partial charge in [0.15, 0.2) is 0 Å². The first-order valence-corrected chi connectivity index (χ1v) is 9.11. The number of thiazole rings is 1. The van der Waals surface area contributed by atoms with Crippen molar-refractivity contribution in [3.8, 4) is 16.3 Å². The maximum absolute atomic E-state index is 12.1. The Labute approximate surface area is 160 Å². The Balaban J connectivity index is 1.47. The second-order valence-corrected chi connectivity index (χ2v) is 6.44. The summed E-state index contributed by atoms with van der Waals surface area (Å²) in [4.78, 5) is 28.4. The predicted molar refractivity (Wildman–Crippen MR) is 103 cm³/mol. The molecule has 3 aromatic rings. The Morgan fingerprint density at radius 2 is 1.93 bits per heavy atom. The van der Waals surface area contributed by atoms with E-state index in [1.165, 1.54) is 18.4 Å². The highest BCUT2D eigenvalue weighted by molar-refractivity contribution is 7.13. The number of rotatable bonds is 7. The van der Waals surface area contributed by atoms with E-state index in [1.54, 1.807) is 24.3 Å². The maximum Gasteiger partial charge on any atom is 0.325 e. The molecule has 0 radical (unpaired) electrons. The van der Waals surface area contributed by atoms with Crippen LogP contribution in [0.1, 0.15) is 16.1 Å². The van der Waals surface area contributed by atoms with E-state index in [1.807, 2.05) is 35.7 Å². The minimum absolute atomic E-state index is 0.0667. The number of hydrogen-bond donors (Lipinski definition) is 1. The van der Waals surface area contributed by atoms with E-state index in [9.17, 15) is 9.59 Å². The molecule has 0 aliphatic heterocycles. The van der Waals surface area contributed by atoms with E-state index in [-0.39, 0.29) is 19.1 Å². The molecule has 0 saturated carbocycles. The standard InChI is InChI=1S/C20H18N2O4S/c1-25-17-9-5-8-15(10-17)19(24)21-11-18(23)26-12-16-13-27-20(22-16)14-6-3-2-4-7-14/h2-10,13H,11-12H2,1H3,(H,21,24). The van der Waals surface area contributed by atoms with Crippen molar-refractivity contribution in [1.82, 2.24) is 10.3 Å². The van der Waals surface area contributed by atoms with Crippen molar-refractivity contribution in [2.75, 3.05) is 13.7 Å². The van der Waals surface area contributed by atoms with Crippen molar-refractivity contribution in [2.24, 2.45) is 0 Å². The Kier molecular flexibility index (Phi) is 6.17. The summed E-state index contributed by atoms with van der Waals surface area (Å²) in [6.45, 7) is -0.150. The van der Waals surface area contributed by atoms with Crippen LogP contribution in [-0.4, -0.2) is 30.5 Å². The molecular weight excluding hydrogens is 364 g/mol. The molecule has 3 rings (SSSR count). The first-order chi connectivity index (χ1) is 13.2. The molecule has 1 heterocycles. The van der Waals surface area contributed by atoms with Gasteiger partial charge in [0.1, 0.15) is 23.9 Å². The summed E-state index contributed by atoms with van der Waals surface area (Å²) < 4.78 is 10.2. The molecule has 6 nitrogen and oxygen atoms in total. The molecule has 0 atom stereocenters. The van der Waals surface area contributed by atoms with Gasteiger partial charge in [-0.1, -0.05) is 36.4 Å². The van der Waals surface area contributed by atoms with Crippen LogP contribution in [0.5, 0.6) is 5.75 Å². The van der Waals surface area contributed by atoms with Gasteiger partial charge in [0.05, 0.1) is 12.8 Å². The van der Waals surface area contributed by atoms with Gasteiger partial charge in [0, 0.05) is 16.5 Å². The average molecular weight is 382 g/mol. The molecule has 1 amide bonds. The highest BCUT2D eigenvalue weighted by Crippen LogP contribution is 2.23. The van der Waals surface area contributed by atoms with E-state index in [0.717, 1.165) is 10.6 Å². The number of esters is 1. The number of amides is 1. The fraction of sp³-hybridized carbons (Fsp3) is 0.150. The smallest absolute Gasteiger partial charge is 0.325 e. The number of benzene rings is 2.